The second kappa shape index (κ2) is 11.5. The average molecular weight is 485 g/mol. The lowest BCUT2D eigenvalue weighted by Gasteiger charge is -2.34. The van der Waals surface area contributed by atoms with Crippen LogP contribution in [0, 0.1) is 0 Å². The molecular weight excluding hydrogens is 452 g/mol. The molecule has 4 rings (SSSR count). The molecule has 174 valence electrons. The van der Waals surface area contributed by atoms with Crippen molar-refractivity contribution in [1.82, 2.24) is 0 Å². The summed E-state index contributed by atoms with van der Waals surface area (Å²) in [5.74, 6) is 0. The maximum Gasteiger partial charge on any atom is 0.0760 e. The van der Waals surface area contributed by atoms with Gasteiger partial charge in [-0.25, -0.2) is 0 Å². The number of aryl methyl sites for hydroxylation is 2. The van der Waals surface area contributed by atoms with E-state index in [0.717, 1.165) is 34.0 Å². The molecule has 0 bridgehead atoms. The van der Waals surface area contributed by atoms with Crippen LogP contribution in [0.3, 0.4) is 0 Å². The molecule has 0 heterocycles. The van der Waals surface area contributed by atoms with Gasteiger partial charge in [0.2, 0.25) is 0 Å². The maximum absolute atomic E-state index is 4.75. The largest absolute Gasteiger partial charge is 0.375 e. The number of anilines is 2. The Labute approximate surface area is 214 Å². The lowest BCUT2D eigenvalue weighted by atomic mass is 9.86. The van der Waals surface area contributed by atoms with Gasteiger partial charge in [0.1, 0.15) is 0 Å². The third kappa shape index (κ3) is 5.45. The fraction of sp³-hybridized carbons (Fsp3) is 0.200. The van der Waals surface area contributed by atoms with Crippen molar-refractivity contribution in [2.45, 2.75) is 48.6 Å². The summed E-state index contributed by atoms with van der Waals surface area (Å²) in [4.78, 5) is 1.86. The van der Waals surface area contributed by atoms with Crippen LogP contribution in [0.1, 0.15) is 48.2 Å². The summed E-state index contributed by atoms with van der Waals surface area (Å²) in [6.45, 7) is 4.43. The lowest BCUT2D eigenvalue weighted by molar-refractivity contribution is 0.635. The predicted molar refractivity (Wildman–Crippen MR) is 152 cm³/mol. The zero-order valence-electron chi connectivity index (χ0n) is 19.7. The predicted octanol–water partition coefficient (Wildman–Crippen LogP) is 8.40. The van der Waals surface area contributed by atoms with E-state index < -0.39 is 0 Å². The summed E-state index contributed by atoms with van der Waals surface area (Å²) in [5, 5.41) is 7.73. The Hall–Kier alpha value is -2.82. The summed E-state index contributed by atoms with van der Waals surface area (Å²) < 4.78 is 0. The minimum Gasteiger partial charge on any atom is -0.375 e. The van der Waals surface area contributed by atoms with Crippen molar-refractivity contribution >= 4 is 36.6 Å². The molecule has 4 aromatic rings. The van der Waals surface area contributed by atoms with E-state index in [4.69, 9.17) is 25.3 Å². The second-order valence-corrected chi connectivity index (χ2v) is 9.35. The van der Waals surface area contributed by atoms with Gasteiger partial charge >= 0.3 is 0 Å². The Morgan fingerprint density at radius 2 is 0.882 bits per heavy atom. The standard InChI is InChI=1S/C30H32N2S2/c1-3-21-13-5-7-15-23(21)29(31-25-17-9-11-19-27(25)33)30(24-16-8-6-14-22(24)4-2)32-26-18-10-12-20-28(26)34/h5-20,29-34H,3-4H2,1-2H3. The Morgan fingerprint density at radius 3 is 1.26 bits per heavy atom. The van der Waals surface area contributed by atoms with Crippen LogP contribution in [0.5, 0.6) is 0 Å². The Morgan fingerprint density at radius 1 is 0.529 bits per heavy atom. The van der Waals surface area contributed by atoms with Gasteiger partial charge in [-0.15, -0.1) is 25.3 Å². The number of para-hydroxylation sites is 2. The van der Waals surface area contributed by atoms with Gasteiger partial charge in [-0.2, -0.15) is 0 Å². The first kappa shape index (κ1) is 24.3. The molecule has 34 heavy (non-hydrogen) atoms. The second-order valence-electron chi connectivity index (χ2n) is 8.38. The van der Waals surface area contributed by atoms with Gasteiger partial charge in [-0.3, -0.25) is 0 Å². The molecule has 4 heteroatoms. The lowest BCUT2D eigenvalue weighted by Crippen LogP contribution is -2.27. The van der Waals surface area contributed by atoms with Crippen molar-refractivity contribution in [3.63, 3.8) is 0 Å². The average Bonchev–Trinajstić information content (AvgIpc) is 2.88. The van der Waals surface area contributed by atoms with Crippen molar-refractivity contribution < 1.29 is 0 Å². The normalized spacial score (nSPS) is 12.7. The van der Waals surface area contributed by atoms with Crippen molar-refractivity contribution in [3.05, 3.63) is 119 Å². The topological polar surface area (TPSA) is 24.1 Å². The van der Waals surface area contributed by atoms with E-state index in [-0.39, 0.29) is 12.1 Å². The number of nitrogens with one attached hydrogen (secondary N) is 2. The van der Waals surface area contributed by atoms with E-state index in [2.05, 4.69) is 97.3 Å². The van der Waals surface area contributed by atoms with Crippen molar-refractivity contribution in [3.8, 4) is 0 Å². The van der Waals surface area contributed by atoms with Crippen LogP contribution in [0.25, 0.3) is 0 Å². The molecule has 4 aromatic carbocycles. The van der Waals surface area contributed by atoms with Gasteiger partial charge in [-0.1, -0.05) is 86.6 Å². The summed E-state index contributed by atoms with van der Waals surface area (Å²) in [6, 6.07) is 33.8. The van der Waals surface area contributed by atoms with Crippen molar-refractivity contribution in [1.29, 1.82) is 0 Å². The minimum absolute atomic E-state index is 0.0370. The highest BCUT2D eigenvalue weighted by Crippen LogP contribution is 2.40. The van der Waals surface area contributed by atoms with Crippen LogP contribution in [-0.4, -0.2) is 0 Å². The quantitative estimate of drug-likeness (QED) is 0.179. The fourth-order valence-electron chi connectivity index (χ4n) is 4.53. The maximum atomic E-state index is 4.75. The van der Waals surface area contributed by atoms with E-state index in [9.17, 15) is 0 Å². The van der Waals surface area contributed by atoms with E-state index >= 15 is 0 Å². The van der Waals surface area contributed by atoms with Crippen LogP contribution >= 0.6 is 25.3 Å². The molecule has 2 N–H and O–H groups in total. The molecule has 0 aliphatic rings. The zero-order valence-corrected chi connectivity index (χ0v) is 21.5. The van der Waals surface area contributed by atoms with Gasteiger partial charge in [0, 0.05) is 21.2 Å². The summed E-state index contributed by atoms with van der Waals surface area (Å²) in [7, 11) is 0. The smallest absolute Gasteiger partial charge is 0.0760 e. The molecule has 0 aliphatic heterocycles. The number of hydrogen-bond donors (Lipinski definition) is 4. The van der Waals surface area contributed by atoms with E-state index in [1.54, 1.807) is 0 Å². The first-order chi connectivity index (χ1) is 16.6. The highest BCUT2D eigenvalue weighted by molar-refractivity contribution is 7.80. The van der Waals surface area contributed by atoms with Crippen LogP contribution in [0.4, 0.5) is 11.4 Å². The fourth-order valence-corrected chi connectivity index (χ4v) is 4.98. The molecule has 0 fully saturated rings. The highest BCUT2D eigenvalue weighted by atomic mass is 32.1. The number of hydrogen-bond acceptors (Lipinski definition) is 4. The third-order valence-corrected chi connectivity index (χ3v) is 7.09. The molecule has 2 nitrogen and oxygen atoms in total. The van der Waals surface area contributed by atoms with Gasteiger partial charge < -0.3 is 10.6 Å². The molecule has 0 aliphatic carbocycles. The molecular formula is C30H32N2S2. The van der Waals surface area contributed by atoms with Crippen LogP contribution in [-0.2, 0) is 12.8 Å². The zero-order chi connectivity index (χ0) is 23.9. The van der Waals surface area contributed by atoms with E-state index in [1.807, 2.05) is 24.3 Å². The van der Waals surface area contributed by atoms with Gasteiger partial charge in [0.15, 0.2) is 0 Å². The monoisotopic (exact) mass is 484 g/mol. The molecule has 0 spiro atoms. The van der Waals surface area contributed by atoms with Crippen LogP contribution < -0.4 is 10.6 Å². The van der Waals surface area contributed by atoms with Gasteiger partial charge in [-0.05, 0) is 59.4 Å². The summed E-state index contributed by atoms with van der Waals surface area (Å²) in [6.07, 6.45) is 1.92. The highest BCUT2D eigenvalue weighted by Gasteiger charge is 2.29. The molecule has 2 atom stereocenters. The molecule has 0 aromatic heterocycles. The number of benzene rings is 4. The van der Waals surface area contributed by atoms with Crippen LogP contribution in [0.2, 0.25) is 0 Å². The summed E-state index contributed by atoms with van der Waals surface area (Å²) >= 11 is 9.50. The minimum atomic E-state index is -0.0370. The Balaban J connectivity index is 1.91. The van der Waals surface area contributed by atoms with E-state index in [0.29, 0.717) is 0 Å². The third-order valence-electron chi connectivity index (χ3n) is 6.31. The molecule has 0 radical (unpaired) electrons. The molecule has 0 saturated heterocycles. The van der Waals surface area contributed by atoms with E-state index in [1.165, 1.54) is 22.3 Å². The molecule has 2 unspecified atom stereocenters. The SMILES string of the molecule is CCc1ccccc1C(Nc1ccccc1S)C(Nc1ccccc1S)c1ccccc1CC. The number of thiol groups is 2. The first-order valence-corrected chi connectivity index (χ1v) is 12.8. The number of rotatable bonds is 9. The van der Waals surface area contributed by atoms with Crippen molar-refractivity contribution in [2.24, 2.45) is 0 Å². The van der Waals surface area contributed by atoms with Crippen molar-refractivity contribution in [2.75, 3.05) is 10.6 Å². The molecule has 0 amide bonds. The molecule has 0 saturated carbocycles. The van der Waals surface area contributed by atoms with Gasteiger partial charge in [0.25, 0.3) is 0 Å². The Kier molecular flexibility index (Phi) is 8.25. The summed E-state index contributed by atoms with van der Waals surface area (Å²) in [5.41, 5.74) is 7.25. The first-order valence-electron chi connectivity index (χ1n) is 11.9. The Bertz CT molecular complexity index is 1140. The van der Waals surface area contributed by atoms with Crippen LogP contribution in [0.15, 0.2) is 107 Å². The van der Waals surface area contributed by atoms with Gasteiger partial charge in [0.05, 0.1) is 12.1 Å².